The van der Waals surface area contributed by atoms with Crippen molar-refractivity contribution in [2.75, 3.05) is 7.05 Å². The Morgan fingerprint density at radius 1 is 1.29 bits per heavy atom. The first-order chi connectivity index (χ1) is 8.13. The molecule has 90 valence electrons. The summed E-state index contributed by atoms with van der Waals surface area (Å²) >= 11 is 5.90. The summed E-state index contributed by atoms with van der Waals surface area (Å²) in [7, 11) is 3.96. The van der Waals surface area contributed by atoms with Gasteiger partial charge in [0.15, 0.2) is 0 Å². The van der Waals surface area contributed by atoms with Crippen LogP contribution < -0.4 is 5.32 Å². The van der Waals surface area contributed by atoms with Crippen LogP contribution in [0.2, 0.25) is 5.02 Å². The van der Waals surface area contributed by atoms with E-state index in [9.17, 15) is 0 Å². The highest BCUT2D eigenvalue weighted by molar-refractivity contribution is 6.30. The van der Waals surface area contributed by atoms with Crippen LogP contribution in [0.1, 0.15) is 11.5 Å². The lowest BCUT2D eigenvalue weighted by molar-refractivity contribution is 0.712. The lowest BCUT2D eigenvalue weighted by Gasteiger charge is -2.06. The summed E-state index contributed by atoms with van der Waals surface area (Å²) < 4.78 is 2.12. The second-order valence-corrected chi connectivity index (χ2v) is 4.49. The summed E-state index contributed by atoms with van der Waals surface area (Å²) in [6.07, 6.45) is 0. The van der Waals surface area contributed by atoms with Gasteiger partial charge in [-0.3, -0.25) is 0 Å². The van der Waals surface area contributed by atoms with Crippen LogP contribution >= 0.6 is 11.6 Å². The van der Waals surface area contributed by atoms with Crippen LogP contribution in [-0.2, 0) is 13.6 Å². The number of benzene rings is 1. The predicted octanol–water partition coefficient (Wildman–Crippen LogP) is 2.77. The molecule has 0 aliphatic heterocycles. The summed E-state index contributed by atoms with van der Waals surface area (Å²) in [5.41, 5.74) is 3.33. The first-order valence-corrected chi connectivity index (χ1v) is 5.94. The highest BCUT2D eigenvalue weighted by Gasteiger charge is 2.12. The monoisotopic (exact) mass is 249 g/mol. The van der Waals surface area contributed by atoms with Crippen molar-refractivity contribution < 1.29 is 0 Å². The van der Waals surface area contributed by atoms with E-state index in [0.29, 0.717) is 0 Å². The Kier molecular flexibility index (Phi) is 3.50. The molecule has 0 aliphatic rings. The molecule has 1 aromatic carbocycles. The van der Waals surface area contributed by atoms with Gasteiger partial charge in [0, 0.05) is 17.6 Å². The Bertz CT molecular complexity index is 514. The molecule has 1 N–H and O–H groups in total. The summed E-state index contributed by atoms with van der Waals surface area (Å²) in [6.45, 7) is 2.80. The third-order valence-electron chi connectivity index (χ3n) is 2.81. The Morgan fingerprint density at radius 3 is 2.53 bits per heavy atom. The fraction of sp³-hybridized carbons (Fsp3) is 0.308. The van der Waals surface area contributed by atoms with E-state index in [1.54, 1.807) is 0 Å². The third-order valence-corrected chi connectivity index (χ3v) is 3.07. The molecule has 2 aromatic rings. The Labute approximate surface area is 106 Å². The molecule has 0 unspecified atom stereocenters. The third kappa shape index (κ3) is 2.35. The minimum Gasteiger partial charge on any atom is -0.330 e. The van der Waals surface area contributed by atoms with Crippen LogP contribution in [0.25, 0.3) is 11.3 Å². The quantitative estimate of drug-likeness (QED) is 0.907. The average Bonchev–Trinajstić information content (AvgIpc) is 2.57. The topological polar surface area (TPSA) is 29.9 Å². The van der Waals surface area contributed by atoms with Gasteiger partial charge in [0.25, 0.3) is 0 Å². The molecule has 17 heavy (non-hydrogen) atoms. The van der Waals surface area contributed by atoms with Gasteiger partial charge >= 0.3 is 0 Å². The van der Waals surface area contributed by atoms with Crippen molar-refractivity contribution in [3.8, 4) is 11.3 Å². The number of hydrogen-bond donors (Lipinski definition) is 1. The van der Waals surface area contributed by atoms with E-state index in [1.807, 2.05) is 45.3 Å². The summed E-state index contributed by atoms with van der Waals surface area (Å²) in [5.74, 6) is 1.04. The van der Waals surface area contributed by atoms with E-state index in [2.05, 4.69) is 14.9 Å². The molecule has 0 amide bonds. The normalized spacial score (nSPS) is 10.8. The Balaban J connectivity index is 2.48. The zero-order valence-electron chi connectivity index (χ0n) is 10.3. The van der Waals surface area contributed by atoms with Crippen LogP contribution in [0.4, 0.5) is 0 Å². The van der Waals surface area contributed by atoms with Crippen molar-refractivity contribution in [2.24, 2.45) is 7.05 Å². The van der Waals surface area contributed by atoms with Crippen LogP contribution in [0.3, 0.4) is 0 Å². The van der Waals surface area contributed by atoms with Crippen molar-refractivity contribution in [1.82, 2.24) is 14.9 Å². The molecule has 1 aromatic heterocycles. The number of aryl methyl sites for hydroxylation is 1. The highest BCUT2D eigenvalue weighted by Crippen LogP contribution is 2.25. The van der Waals surface area contributed by atoms with Gasteiger partial charge in [0.1, 0.15) is 5.82 Å². The minimum absolute atomic E-state index is 0.754. The molecule has 0 radical (unpaired) electrons. The van der Waals surface area contributed by atoms with Gasteiger partial charge < -0.3 is 9.88 Å². The lowest BCUT2D eigenvalue weighted by atomic mass is 10.1. The average molecular weight is 250 g/mol. The van der Waals surface area contributed by atoms with Gasteiger partial charge in [0.2, 0.25) is 0 Å². The molecule has 0 bridgehead atoms. The zero-order valence-corrected chi connectivity index (χ0v) is 11.0. The first-order valence-electron chi connectivity index (χ1n) is 5.56. The van der Waals surface area contributed by atoms with E-state index in [0.717, 1.165) is 34.3 Å². The SMILES string of the molecule is CNCc1nc(C)c(-c2ccc(Cl)cc2)n1C. The molecule has 0 spiro atoms. The van der Waals surface area contributed by atoms with Gasteiger partial charge in [-0.25, -0.2) is 4.98 Å². The van der Waals surface area contributed by atoms with Gasteiger partial charge in [0.05, 0.1) is 17.9 Å². The van der Waals surface area contributed by atoms with E-state index >= 15 is 0 Å². The molecule has 0 atom stereocenters. The van der Waals surface area contributed by atoms with Crippen LogP contribution in [0, 0.1) is 6.92 Å². The molecule has 2 rings (SSSR count). The molecule has 0 saturated heterocycles. The second-order valence-electron chi connectivity index (χ2n) is 4.06. The van der Waals surface area contributed by atoms with E-state index < -0.39 is 0 Å². The minimum atomic E-state index is 0.754. The molecule has 1 heterocycles. The van der Waals surface area contributed by atoms with Crippen molar-refractivity contribution in [1.29, 1.82) is 0 Å². The molecular weight excluding hydrogens is 234 g/mol. The number of nitrogens with one attached hydrogen (secondary N) is 1. The van der Waals surface area contributed by atoms with Gasteiger partial charge in [-0.15, -0.1) is 0 Å². The maximum Gasteiger partial charge on any atom is 0.123 e. The molecule has 0 aliphatic carbocycles. The number of hydrogen-bond acceptors (Lipinski definition) is 2. The molecule has 4 heteroatoms. The number of imidazole rings is 1. The van der Waals surface area contributed by atoms with Gasteiger partial charge in [-0.2, -0.15) is 0 Å². The fourth-order valence-corrected chi connectivity index (χ4v) is 2.15. The second kappa shape index (κ2) is 4.90. The largest absolute Gasteiger partial charge is 0.330 e. The molecular formula is C13H16ClN3. The van der Waals surface area contributed by atoms with Crippen LogP contribution in [0.5, 0.6) is 0 Å². The van der Waals surface area contributed by atoms with Crippen molar-refractivity contribution in [3.05, 3.63) is 40.8 Å². The zero-order chi connectivity index (χ0) is 12.4. The van der Waals surface area contributed by atoms with E-state index in [1.165, 1.54) is 0 Å². The summed E-state index contributed by atoms with van der Waals surface area (Å²) in [5, 5.41) is 3.88. The van der Waals surface area contributed by atoms with Crippen LogP contribution in [-0.4, -0.2) is 16.6 Å². The number of halogens is 1. The summed E-state index contributed by atoms with van der Waals surface area (Å²) in [4.78, 5) is 4.57. The Hall–Kier alpha value is -1.32. The lowest BCUT2D eigenvalue weighted by Crippen LogP contribution is -2.10. The maximum absolute atomic E-state index is 5.90. The maximum atomic E-state index is 5.90. The van der Waals surface area contributed by atoms with E-state index in [4.69, 9.17) is 11.6 Å². The molecule has 3 nitrogen and oxygen atoms in total. The Morgan fingerprint density at radius 2 is 1.94 bits per heavy atom. The van der Waals surface area contributed by atoms with Crippen molar-refractivity contribution >= 4 is 11.6 Å². The van der Waals surface area contributed by atoms with Gasteiger partial charge in [-0.05, 0) is 26.1 Å². The van der Waals surface area contributed by atoms with Gasteiger partial charge in [-0.1, -0.05) is 23.7 Å². The predicted molar refractivity (Wildman–Crippen MR) is 71.2 cm³/mol. The first kappa shape index (κ1) is 12.1. The summed E-state index contributed by atoms with van der Waals surface area (Å²) in [6, 6.07) is 7.85. The van der Waals surface area contributed by atoms with Crippen molar-refractivity contribution in [2.45, 2.75) is 13.5 Å². The molecule has 0 saturated carbocycles. The molecule has 0 fully saturated rings. The smallest absolute Gasteiger partial charge is 0.123 e. The number of rotatable bonds is 3. The van der Waals surface area contributed by atoms with Crippen molar-refractivity contribution in [3.63, 3.8) is 0 Å². The highest BCUT2D eigenvalue weighted by atomic mass is 35.5. The number of aromatic nitrogens is 2. The fourth-order valence-electron chi connectivity index (χ4n) is 2.02. The number of nitrogens with zero attached hydrogens (tertiary/aromatic N) is 2. The van der Waals surface area contributed by atoms with E-state index in [-0.39, 0.29) is 0 Å². The standard InChI is InChI=1S/C13H16ClN3/c1-9-13(10-4-6-11(14)7-5-10)17(3)12(16-9)8-15-2/h4-7,15H,8H2,1-3H3. The van der Waals surface area contributed by atoms with Crippen LogP contribution in [0.15, 0.2) is 24.3 Å².